The second-order valence-electron chi connectivity index (χ2n) is 3.98. The third-order valence-corrected chi connectivity index (χ3v) is 3.35. The van der Waals surface area contributed by atoms with Crippen LogP contribution in [0.4, 0.5) is 0 Å². The van der Waals surface area contributed by atoms with Crippen molar-refractivity contribution in [3.05, 3.63) is 0 Å². The van der Waals surface area contributed by atoms with Crippen LogP contribution in [0.1, 0.15) is 32.1 Å². The third kappa shape index (κ3) is 1.18. The lowest BCUT2D eigenvalue weighted by atomic mass is 9.80. The predicted molar refractivity (Wildman–Crippen MR) is 42.1 cm³/mol. The summed E-state index contributed by atoms with van der Waals surface area (Å²) < 4.78 is 0. The molecule has 0 heterocycles. The van der Waals surface area contributed by atoms with E-state index in [-0.39, 0.29) is 12.2 Å². The summed E-state index contributed by atoms with van der Waals surface area (Å²) in [7, 11) is 0. The van der Waals surface area contributed by atoms with E-state index in [4.69, 9.17) is 0 Å². The van der Waals surface area contributed by atoms with Crippen molar-refractivity contribution in [2.45, 2.75) is 44.3 Å². The fourth-order valence-corrected chi connectivity index (χ4v) is 2.74. The Bertz CT molecular complexity index is 130. The Morgan fingerprint density at radius 3 is 1.73 bits per heavy atom. The molecule has 2 N–H and O–H groups in total. The summed E-state index contributed by atoms with van der Waals surface area (Å²) in [6.07, 6.45) is 4.93. The Balaban J connectivity index is 2.07. The van der Waals surface area contributed by atoms with Gasteiger partial charge in [0.2, 0.25) is 0 Å². The Labute approximate surface area is 67.2 Å². The molecular weight excluding hydrogens is 140 g/mol. The van der Waals surface area contributed by atoms with E-state index in [1.807, 2.05) is 0 Å². The molecule has 2 fully saturated rings. The van der Waals surface area contributed by atoms with Crippen molar-refractivity contribution in [2.75, 3.05) is 0 Å². The molecule has 2 aliphatic rings. The normalized spacial score (nSPS) is 50.7. The van der Waals surface area contributed by atoms with Crippen LogP contribution in [0.15, 0.2) is 0 Å². The first-order valence-corrected chi connectivity index (χ1v) is 4.65. The van der Waals surface area contributed by atoms with Gasteiger partial charge in [0.25, 0.3) is 0 Å². The van der Waals surface area contributed by atoms with Crippen LogP contribution in [0, 0.1) is 11.8 Å². The van der Waals surface area contributed by atoms with Crippen molar-refractivity contribution in [1.82, 2.24) is 0 Å². The molecule has 2 heteroatoms. The summed E-state index contributed by atoms with van der Waals surface area (Å²) in [6.45, 7) is 0. The molecular formula is C9H16O2. The molecule has 0 radical (unpaired) electrons. The minimum atomic E-state index is -0.213. The third-order valence-electron chi connectivity index (χ3n) is 3.35. The van der Waals surface area contributed by atoms with Crippen molar-refractivity contribution >= 4 is 0 Å². The second-order valence-corrected chi connectivity index (χ2v) is 3.98. The molecule has 0 aromatic carbocycles. The van der Waals surface area contributed by atoms with Crippen molar-refractivity contribution < 1.29 is 10.2 Å². The van der Waals surface area contributed by atoms with E-state index in [1.54, 1.807) is 0 Å². The highest BCUT2D eigenvalue weighted by Crippen LogP contribution is 2.42. The van der Waals surface area contributed by atoms with Gasteiger partial charge in [0.1, 0.15) is 0 Å². The zero-order valence-electron chi connectivity index (χ0n) is 6.74. The van der Waals surface area contributed by atoms with Gasteiger partial charge in [-0.25, -0.2) is 0 Å². The molecule has 0 saturated heterocycles. The Morgan fingerprint density at radius 1 is 0.818 bits per heavy atom. The molecule has 0 spiro atoms. The maximum absolute atomic E-state index is 9.53. The predicted octanol–water partition coefficient (Wildman–Crippen LogP) is 0.918. The number of fused-ring (bicyclic) bond motifs is 1. The monoisotopic (exact) mass is 156 g/mol. The molecule has 11 heavy (non-hydrogen) atoms. The van der Waals surface area contributed by atoms with E-state index in [0.717, 1.165) is 12.8 Å². The largest absolute Gasteiger partial charge is 0.393 e. The number of hydrogen-bond donors (Lipinski definition) is 2. The van der Waals surface area contributed by atoms with Gasteiger partial charge < -0.3 is 10.2 Å². The molecule has 2 rings (SSSR count). The lowest BCUT2D eigenvalue weighted by Crippen LogP contribution is -2.25. The fourth-order valence-electron chi connectivity index (χ4n) is 2.74. The molecule has 4 unspecified atom stereocenters. The molecule has 2 aliphatic carbocycles. The first-order chi connectivity index (χ1) is 5.29. The SMILES string of the molecule is OC1CC(O)C2CCCCC12. The maximum Gasteiger partial charge on any atom is 0.0596 e. The van der Waals surface area contributed by atoms with Gasteiger partial charge in [0, 0.05) is 0 Å². The Morgan fingerprint density at radius 2 is 1.27 bits per heavy atom. The summed E-state index contributed by atoms with van der Waals surface area (Å²) in [4.78, 5) is 0. The molecule has 2 saturated carbocycles. The Hall–Kier alpha value is -0.0800. The summed E-state index contributed by atoms with van der Waals surface area (Å²) in [5, 5.41) is 19.1. The quantitative estimate of drug-likeness (QED) is 0.547. The minimum Gasteiger partial charge on any atom is -0.393 e. The van der Waals surface area contributed by atoms with Crippen LogP contribution in [0.2, 0.25) is 0 Å². The molecule has 2 nitrogen and oxygen atoms in total. The van der Waals surface area contributed by atoms with E-state index in [0.29, 0.717) is 18.3 Å². The van der Waals surface area contributed by atoms with Gasteiger partial charge in [0.15, 0.2) is 0 Å². The van der Waals surface area contributed by atoms with Gasteiger partial charge in [-0.05, 0) is 31.1 Å². The van der Waals surface area contributed by atoms with Gasteiger partial charge in [-0.1, -0.05) is 12.8 Å². The van der Waals surface area contributed by atoms with Crippen LogP contribution in [-0.2, 0) is 0 Å². The van der Waals surface area contributed by atoms with E-state index in [1.165, 1.54) is 12.8 Å². The van der Waals surface area contributed by atoms with Crippen LogP contribution in [0.25, 0.3) is 0 Å². The first kappa shape index (κ1) is 7.56. The maximum atomic E-state index is 9.53. The standard InChI is InChI=1S/C9H16O2/c10-8-5-9(11)7-4-2-1-3-6(7)8/h6-11H,1-5H2. The van der Waals surface area contributed by atoms with Crippen LogP contribution >= 0.6 is 0 Å². The van der Waals surface area contributed by atoms with Gasteiger partial charge >= 0.3 is 0 Å². The molecule has 0 aromatic heterocycles. The number of rotatable bonds is 0. The lowest BCUT2D eigenvalue weighted by molar-refractivity contribution is 0.0829. The fraction of sp³-hybridized carbons (Fsp3) is 1.00. The van der Waals surface area contributed by atoms with Crippen LogP contribution < -0.4 is 0 Å². The van der Waals surface area contributed by atoms with E-state index in [9.17, 15) is 10.2 Å². The van der Waals surface area contributed by atoms with Crippen molar-refractivity contribution in [3.8, 4) is 0 Å². The van der Waals surface area contributed by atoms with Gasteiger partial charge in [-0.15, -0.1) is 0 Å². The summed E-state index contributed by atoms with van der Waals surface area (Å²) in [6, 6.07) is 0. The van der Waals surface area contributed by atoms with Crippen molar-refractivity contribution in [1.29, 1.82) is 0 Å². The molecule has 0 amide bonds. The average Bonchev–Trinajstić information content (AvgIpc) is 2.30. The summed E-state index contributed by atoms with van der Waals surface area (Å²) >= 11 is 0. The highest BCUT2D eigenvalue weighted by atomic mass is 16.3. The summed E-state index contributed by atoms with van der Waals surface area (Å²) in [5.74, 6) is 0.831. The zero-order valence-corrected chi connectivity index (χ0v) is 6.74. The van der Waals surface area contributed by atoms with E-state index < -0.39 is 0 Å². The molecule has 0 aliphatic heterocycles. The van der Waals surface area contributed by atoms with Crippen LogP contribution in [0.5, 0.6) is 0 Å². The molecule has 0 bridgehead atoms. The molecule has 64 valence electrons. The second kappa shape index (κ2) is 2.76. The molecule has 4 atom stereocenters. The number of aliphatic hydroxyl groups excluding tert-OH is 2. The molecule has 0 aromatic rings. The smallest absolute Gasteiger partial charge is 0.0596 e. The minimum absolute atomic E-state index is 0.213. The lowest BCUT2D eigenvalue weighted by Gasteiger charge is -2.27. The van der Waals surface area contributed by atoms with Gasteiger partial charge in [-0.2, -0.15) is 0 Å². The first-order valence-electron chi connectivity index (χ1n) is 4.65. The number of aliphatic hydroxyl groups is 2. The van der Waals surface area contributed by atoms with Crippen molar-refractivity contribution in [3.63, 3.8) is 0 Å². The van der Waals surface area contributed by atoms with Crippen LogP contribution in [-0.4, -0.2) is 22.4 Å². The van der Waals surface area contributed by atoms with Crippen LogP contribution in [0.3, 0.4) is 0 Å². The highest BCUT2D eigenvalue weighted by molar-refractivity contribution is 4.92. The van der Waals surface area contributed by atoms with E-state index in [2.05, 4.69) is 0 Å². The van der Waals surface area contributed by atoms with Crippen molar-refractivity contribution in [2.24, 2.45) is 11.8 Å². The Kier molecular flexibility index (Phi) is 1.90. The topological polar surface area (TPSA) is 40.5 Å². The summed E-state index contributed by atoms with van der Waals surface area (Å²) in [5.41, 5.74) is 0. The number of hydrogen-bond acceptors (Lipinski definition) is 2. The zero-order chi connectivity index (χ0) is 7.84. The average molecular weight is 156 g/mol. The highest BCUT2D eigenvalue weighted by Gasteiger charge is 2.42. The van der Waals surface area contributed by atoms with Gasteiger partial charge in [-0.3, -0.25) is 0 Å². The van der Waals surface area contributed by atoms with Gasteiger partial charge in [0.05, 0.1) is 12.2 Å². The van der Waals surface area contributed by atoms with E-state index >= 15 is 0 Å².